The largest absolute Gasteiger partial charge is 0.448 e. The lowest BCUT2D eigenvalue weighted by Crippen LogP contribution is -2.24. The van der Waals surface area contributed by atoms with Crippen LogP contribution in [0.3, 0.4) is 0 Å². The molecule has 116 valence electrons. The third-order valence-corrected chi connectivity index (χ3v) is 3.54. The number of hydrogen-bond acceptors (Lipinski definition) is 6. The minimum Gasteiger partial charge on any atom is -0.448 e. The molecule has 0 radical (unpaired) electrons. The van der Waals surface area contributed by atoms with Crippen LogP contribution < -0.4 is 5.32 Å². The average Bonchev–Trinajstić information content (AvgIpc) is 3.00. The van der Waals surface area contributed by atoms with Gasteiger partial charge in [-0.1, -0.05) is 0 Å². The summed E-state index contributed by atoms with van der Waals surface area (Å²) in [6, 6.07) is 1.79. The highest BCUT2D eigenvalue weighted by atomic mass is 16.5. The second-order valence-corrected chi connectivity index (χ2v) is 5.25. The third-order valence-electron chi connectivity index (χ3n) is 3.54. The molecule has 3 heterocycles. The minimum atomic E-state index is -0.280. The molecule has 0 aliphatic carbocycles. The smallest absolute Gasteiger partial charge is 0.273 e. The lowest BCUT2D eigenvalue weighted by atomic mass is 10.0. The molecule has 1 unspecified atom stereocenters. The first-order chi connectivity index (χ1) is 10.7. The number of rotatable bonds is 4. The van der Waals surface area contributed by atoms with Crippen molar-refractivity contribution in [1.29, 1.82) is 0 Å². The van der Waals surface area contributed by atoms with Crippen LogP contribution >= 0.6 is 0 Å². The molecule has 1 aliphatic heterocycles. The van der Waals surface area contributed by atoms with Gasteiger partial charge in [0.15, 0.2) is 11.6 Å². The van der Waals surface area contributed by atoms with E-state index in [1.165, 1.54) is 6.26 Å². The van der Waals surface area contributed by atoms with E-state index < -0.39 is 0 Å². The molecule has 22 heavy (non-hydrogen) atoms. The first kappa shape index (κ1) is 14.6. The third kappa shape index (κ3) is 3.48. The molecule has 1 atom stereocenters. The molecule has 0 bridgehead atoms. The van der Waals surface area contributed by atoms with Gasteiger partial charge in [-0.15, -0.1) is 0 Å². The molecule has 2 aromatic rings. The first-order valence-electron chi connectivity index (χ1n) is 7.32. The van der Waals surface area contributed by atoms with Gasteiger partial charge < -0.3 is 14.5 Å². The number of nitrogens with zero attached hydrogens (tertiary/aromatic N) is 3. The van der Waals surface area contributed by atoms with Crippen LogP contribution in [0.1, 0.15) is 46.7 Å². The molecule has 0 spiro atoms. The molecular weight excluding hydrogens is 284 g/mol. The first-order valence-corrected chi connectivity index (χ1v) is 7.32. The van der Waals surface area contributed by atoms with E-state index in [0.717, 1.165) is 31.0 Å². The molecule has 1 saturated heterocycles. The maximum absolute atomic E-state index is 11.9. The molecule has 7 heteroatoms. The molecule has 0 saturated carbocycles. The topological polar surface area (TPSA) is 90.1 Å². The van der Waals surface area contributed by atoms with Gasteiger partial charge in [0.05, 0.1) is 18.8 Å². The van der Waals surface area contributed by atoms with E-state index >= 15 is 0 Å². The fourth-order valence-electron chi connectivity index (χ4n) is 2.38. The van der Waals surface area contributed by atoms with E-state index in [1.807, 2.05) is 0 Å². The Morgan fingerprint density at radius 2 is 2.36 bits per heavy atom. The van der Waals surface area contributed by atoms with Crippen molar-refractivity contribution in [1.82, 2.24) is 20.3 Å². The van der Waals surface area contributed by atoms with E-state index in [0.29, 0.717) is 19.0 Å². The number of carbonyl (C=O) groups excluding carboxylic acids is 1. The van der Waals surface area contributed by atoms with Crippen LogP contribution in [0.25, 0.3) is 0 Å². The minimum absolute atomic E-state index is 0.239. The van der Waals surface area contributed by atoms with Crippen molar-refractivity contribution in [2.45, 2.75) is 32.2 Å². The zero-order valence-electron chi connectivity index (χ0n) is 12.4. The quantitative estimate of drug-likeness (QED) is 0.922. The maximum Gasteiger partial charge on any atom is 0.273 e. The molecule has 2 aromatic heterocycles. The molecule has 1 aliphatic rings. The molecule has 1 amide bonds. The lowest BCUT2D eigenvalue weighted by Gasteiger charge is -2.20. The SMILES string of the molecule is Cc1nc(C(=O)NCc2ccnc(C3CCCOC3)n2)co1. The van der Waals surface area contributed by atoms with Gasteiger partial charge in [-0.2, -0.15) is 0 Å². The summed E-state index contributed by atoms with van der Waals surface area (Å²) in [5, 5.41) is 2.78. The highest BCUT2D eigenvalue weighted by molar-refractivity contribution is 5.91. The Bertz CT molecular complexity index is 650. The molecular formula is C15H18N4O3. The van der Waals surface area contributed by atoms with Crippen LogP contribution in [0.15, 0.2) is 22.9 Å². The number of amides is 1. The van der Waals surface area contributed by atoms with Gasteiger partial charge >= 0.3 is 0 Å². The average molecular weight is 302 g/mol. The van der Waals surface area contributed by atoms with E-state index in [1.54, 1.807) is 19.2 Å². The van der Waals surface area contributed by atoms with Crippen LogP contribution in [-0.2, 0) is 11.3 Å². The standard InChI is InChI=1S/C15H18N4O3/c1-10-18-13(9-22-10)15(20)17-7-12-4-5-16-14(19-12)11-3-2-6-21-8-11/h4-5,9,11H,2-3,6-8H2,1H3,(H,17,20). The van der Waals surface area contributed by atoms with Crippen molar-refractivity contribution >= 4 is 5.91 Å². The van der Waals surface area contributed by atoms with Crippen LogP contribution in [0.5, 0.6) is 0 Å². The number of nitrogens with one attached hydrogen (secondary N) is 1. The van der Waals surface area contributed by atoms with Gasteiger partial charge in [0, 0.05) is 25.6 Å². The van der Waals surface area contributed by atoms with Gasteiger partial charge in [0.25, 0.3) is 5.91 Å². The Kier molecular flexibility index (Phi) is 4.43. The number of aromatic nitrogens is 3. The van der Waals surface area contributed by atoms with Gasteiger partial charge in [0.2, 0.25) is 0 Å². The summed E-state index contributed by atoms with van der Waals surface area (Å²) in [5.41, 5.74) is 1.04. The predicted molar refractivity (Wildman–Crippen MR) is 77.2 cm³/mol. The number of ether oxygens (including phenoxy) is 1. The summed E-state index contributed by atoms with van der Waals surface area (Å²) in [6.45, 7) is 3.49. The number of aryl methyl sites for hydroxylation is 1. The Morgan fingerprint density at radius 3 is 3.09 bits per heavy atom. The van der Waals surface area contributed by atoms with Crippen molar-refractivity contribution < 1.29 is 13.9 Å². The molecule has 3 rings (SSSR count). The lowest BCUT2D eigenvalue weighted by molar-refractivity contribution is 0.0779. The van der Waals surface area contributed by atoms with Crippen molar-refractivity contribution in [2.24, 2.45) is 0 Å². The Balaban J connectivity index is 1.61. The number of carbonyl (C=O) groups is 1. The van der Waals surface area contributed by atoms with E-state index in [4.69, 9.17) is 9.15 Å². The fraction of sp³-hybridized carbons (Fsp3) is 0.467. The van der Waals surface area contributed by atoms with Crippen molar-refractivity contribution in [3.05, 3.63) is 41.6 Å². The second-order valence-electron chi connectivity index (χ2n) is 5.25. The number of oxazole rings is 1. The van der Waals surface area contributed by atoms with Crippen molar-refractivity contribution in [3.63, 3.8) is 0 Å². The van der Waals surface area contributed by atoms with E-state index in [-0.39, 0.29) is 17.5 Å². The predicted octanol–water partition coefficient (Wildman–Crippen LogP) is 1.60. The monoisotopic (exact) mass is 302 g/mol. The molecule has 0 aromatic carbocycles. The highest BCUT2D eigenvalue weighted by Gasteiger charge is 2.19. The van der Waals surface area contributed by atoms with Crippen LogP contribution in [0.4, 0.5) is 0 Å². The number of hydrogen-bond donors (Lipinski definition) is 1. The Labute approximate surface area is 128 Å². The molecule has 1 N–H and O–H groups in total. The van der Waals surface area contributed by atoms with E-state index in [2.05, 4.69) is 20.3 Å². The van der Waals surface area contributed by atoms with Crippen LogP contribution in [-0.4, -0.2) is 34.1 Å². The normalized spacial score (nSPS) is 18.1. The van der Waals surface area contributed by atoms with Crippen LogP contribution in [0, 0.1) is 6.92 Å². The van der Waals surface area contributed by atoms with Gasteiger partial charge in [0.1, 0.15) is 12.1 Å². The summed E-state index contributed by atoms with van der Waals surface area (Å²) in [7, 11) is 0. The van der Waals surface area contributed by atoms with Crippen LogP contribution in [0.2, 0.25) is 0 Å². The summed E-state index contributed by atoms with van der Waals surface area (Å²) < 4.78 is 10.5. The molecule has 1 fully saturated rings. The summed E-state index contributed by atoms with van der Waals surface area (Å²) in [6.07, 6.45) is 5.13. The van der Waals surface area contributed by atoms with E-state index in [9.17, 15) is 4.79 Å². The zero-order chi connectivity index (χ0) is 15.4. The highest BCUT2D eigenvalue weighted by Crippen LogP contribution is 2.22. The van der Waals surface area contributed by atoms with Gasteiger partial charge in [-0.05, 0) is 18.9 Å². The maximum atomic E-state index is 11.9. The molecule has 7 nitrogen and oxygen atoms in total. The van der Waals surface area contributed by atoms with Crippen molar-refractivity contribution in [3.8, 4) is 0 Å². The van der Waals surface area contributed by atoms with Gasteiger partial charge in [-0.25, -0.2) is 15.0 Å². The summed E-state index contributed by atoms with van der Waals surface area (Å²) in [4.78, 5) is 24.7. The Hall–Kier alpha value is -2.28. The summed E-state index contributed by atoms with van der Waals surface area (Å²) in [5.74, 6) is 1.20. The zero-order valence-corrected chi connectivity index (χ0v) is 12.4. The van der Waals surface area contributed by atoms with Crippen molar-refractivity contribution in [2.75, 3.05) is 13.2 Å². The second kappa shape index (κ2) is 6.65. The van der Waals surface area contributed by atoms with Gasteiger partial charge in [-0.3, -0.25) is 4.79 Å². The Morgan fingerprint density at radius 1 is 1.45 bits per heavy atom. The summed E-state index contributed by atoms with van der Waals surface area (Å²) >= 11 is 0. The fourth-order valence-corrected chi connectivity index (χ4v) is 2.38.